The molecule has 0 spiro atoms. The van der Waals surface area contributed by atoms with E-state index >= 15 is 0 Å². The van der Waals surface area contributed by atoms with Gasteiger partial charge in [0.1, 0.15) is 5.60 Å². The summed E-state index contributed by atoms with van der Waals surface area (Å²) >= 11 is 0. The number of carbonyl (C=O) groups excluding carboxylic acids is 1. The molecule has 3 N–H and O–H groups in total. The first-order chi connectivity index (χ1) is 8.74. The first-order valence-corrected chi connectivity index (χ1v) is 6.78. The number of carbonyl (C=O) groups is 1. The SMILES string of the molecule is CN(CCN)CCN(C)CCNC(=O)OC(C)(C)C. The molecule has 1 amide bonds. The van der Waals surface area contributed by atoms with E-state index in [-0.39, 0.29) is 6.09 Å². The van der Waals surface area contributed by atoms with E-state index in [1.807, 2.05) is 27.8 Å². The molecule has 19 heavy (non-hydrogen) atoms. The summed E-state index contributed by atoms with van der Waals surface area (Å²) < 4.78 is 5.16. The molecule has 0 heterocycles. The van der Waals surface area contributed by atoms with E-state index in [1.54, 1.807) is 0 Å². The third-order valence-electron chi connectivity index (χ3n) is 2.54. The molecule has 6 nitrogen and oxygen atoms in total. The van der Waals surface area contributed by atoms with Crippen LogP contribution in [0.3, 0.4) is 0 Å². The Kier molecular flexibility index (Phi) is 8.71. The molecule has 0 radical (unpaired) electrons. The first-order valence-electron chi connectivity index (χ1n) is 6.78. The van der Waals surface area contributed by atoms with Crippen molar-refractivity contribution in [2.75, 3.05) is 53.4 Å². The van der Waals surface area contributed by atoms with Crippen LogP contribution >= 0.6 is 0 Å². The lowest BCUT2D eigenvalue weighted by Crippen LogP contribution is -2.39. The Morgan fingerprint density at radius 2 is 1.63 bits per heavy atom. The van der Waals surface area contributed by atoms with Crippen molar-refractivity contribution in [3.8, 4) is 0 Å². The van der Waals surface area contributed by atoms with Gasteiger partial charge in [-0.05, 0) is 34.9 Å². The van der Waals surface area contributed by atoms with Crippen LogP contribution in [0.1, 0.15) is 20.8 Å². The molecule has 0 saturated heterocycles. The lowest BCUT2D eigenvalue weighted by molar-refractivity contribution is 0.0523. The molecular formula is C13H30N4O2. The summed E-state index contributed by atoms with van der Waals surface area (Å²) in [5.41, 5.74) is 5.04. The van der Waals surface area contributed by atoms with Crippen LogP contribution < -0.4 is 11.1 Å². The average Bonchev–Trinajstić information content (AvgIpc) is 2.24. The molecule has 0 unspecified atom stereocenters. The largest absolute Gasteiger partial charge is 0.444 e. The fourth-order valence-electron chi connectivity index (χ4n) is 1.45. The number of nitrogens with one attached hydrogen (secondary N) is 1. The molecule has 0 aliphatic rings. The molecule has 0 atom stereocenters. The second kappa shape index (κ2) is 9.12. The van der Waals surface area contributed by atoms with Crippen molar-refractivity contribution < 1.29 is 9.53 Å². The van der Waals surface area contributed by atoms with E-state index in [2.05, 4.69) is 22.2 Å². The smallest absolute Gasteiger partial charge is 0.407 e. The fraction of sp³-hybridized carbons (Fsp3) is 0.923. The highest BCUT2D eigenvalue weighted by Crippen LogP contribution is 2.06. The molecule has 0 aliphatic carbocycles. The summed E-state index contributed by atoms with van der Waals surface area (Å²) in [5, 5.41) is 2.75. The maximum atomic E-state index is 11.4. The second-order valence-electron chi connectivity index (χ2n) is 5.82. The van der Waals surface area contributed by atoms with E-state index in [9.17, 15) is 4.79 Å². The third kappa shape index (κ3) is 11.9. The number of alkyl carbamates (subject to hydrolysis) is 1. The second-order valence-corrected chi connectivity index (χ2v) is 5.82. The van der Waals surface area contributed by atoms with Crippen LogP contribution in [0.15, 0.2) is 0 Å². The molecule has 0 aromatic rings. The normalized spacial score (nSPS) is 12.0. The summed E-state index contributed by atoms with van der Waals surface area (Å²) in [6, 6.07) is 0. The fourth-order valence-corrected chi connectivity index (χ4v) is 1.45. The number of nitrogens with two attached hydrogens (primary N) is 1. The maximum absolute atomic E-state index is 11.4. The molecule has 0 aromatic heterocycles. The van der Waals surface area contributed by atoms with Gasteiger partial charge in [0, 0.05) is 39.3 Å². The Hall–Kier alpha value is -0.850. The summed E-state index contributed by atoms with van der Waals surface area (Å²) in [4.78, 5) is 15.8. The number of amides is 1. The number of hydrogen-bond donors (Lipinski definition) is 2. The van der Waals surface area contributed by atoms with Crippen LogP contribution in [0.25, 0.3) is 0 Å². The van der Waals surface area contributed by atoms with Gasteiger partial charge >= 0.3 is 6.09 Å². The highest BCUT2D eigenvalue weighted by molar-refractivity contribution is 5.67. The minimum Gasteiger partial charge on any atom is -0.444 e. The Balaban J connectivity index is 3.63. The van der Waals surface area contributed by atoms with E-state index in [0.717, 1.165) is 26.2 Å². The van der Waals surface area contributed by atoms with Crippen LogP contribution in [0, 0.1) is 0 Å². The van der Waals surface area contributed by atoms with Crippen LogP contribution in [0.2, 0.25) is 0 Å². The molecule has 0 fully saturated rings. The zero-order valence-corrected chi connectivity index (χ0v) is 13.0. The van der Waals surface area contributed by atoms with Gasteiger partial charge in [0.15, 0.2) is 0 Å². The zero-order chi connectivity index (χ0) is 14.9. The predicted octanol–water partition coefficient (Wildman–Crippen LogP) is 0.333. The topological polar surface area (TPSA) is 70.8 Å². The lowest BCUT2D eigenvalue weighted by Gasteiger charge is -2.22. The Bertz CT molecular complexity index is 254. The number of hydrogen-bond acceptors (Lipinski definition) is 5. The van der Waals surface area contributed by atoms with Gasteiger partial charge in [-0.25, -0.2) is 4.79 Å². The highest BCUT2D eigenvalue weighted by Gasteiger charge is 2.15. The van der Waals surface area contributed by atoms with E-state index in [0.29, 0.717) is 13.1 Å². The number of likely N-dealkylation sites (N-methyl/N-ethyl adjacent to an activating group) is 2. The monoisotopic (exact) mass is 274 g/mol. The first kappa shape index (κ1) is 18.1. The summed E-state index contributed by atoms with van der Waals surface area (Å²) in [7, 11) is 4.09. The minimum absolute atomic E-state index is 0.360. The molecule has 0 rings (SSSR count). The number of rotatable bonds is 8. The molecular weight excluding hydrogens is 244 g/mol. The zero-order valence-electron chi connectivity index (χ0n) is 13.0. The van der Waals surface area contributed by atoms with Gasteiger partial charge < -0.3 is 25.6 Å². The van der Waals surface area contributed by atoms with Crippen molar-refractivity contribution in [1.82, 2.24) is 15.1 Å². The van der Waals surface area contributed by atoms with Crippen LogP contribution in [-0.4, -0.2) is 74.9 Å². The number of ether oxygens (including phenoxy) is 1. The standard InChI is InChI=1S/C13H30N4O2/c1-13(2,3)19-12(18)15-7-9-17(5)11-10-16(4)8-6-14/h6-11,14H2,1-5H3,(H,15,18). The van der Waals surface area contributed by atoms with E-state index < -0.39 is 5.60 Å². The Morgan fingerprint density at radius 3 is 2.11 bits per heavy atom. The molecule has 0 saturated carbocycles. The molecule has 6 heteroatoms. The van der Waals surface area contributed by atoms with Gasteiger partial charge in [-0.1, -0.05) is 0 Å². The quantitative estimate of drug-likeness (QED) is 0.667. The predicted molar refractivity (Wildman–Crippen MR) is 78.3 cm³/mol. The lowest BCUT2D eigenvalue weighted by atomic mass is 10.2. The van der Waals surface area contributed by atoms with Gasteiger partial charge in [0.05, 0.1) is 0 Å². The van der Waals surface area contributed by atoms with Crippen molar-refractivity contribution in [2.24, 2.45) is 5.73 Å². The molecule has 114 valence electrons. The molecule has 0 bridgehead atoms. The summed E-state index contributed by atoms with van der Waals surface area (Å²) in [6.45, 7) is 10.5. The molecule has 0 aliphatic heterocycles. The Morgan fingerprint density at radius 1 is 1.11 bits per heavy atom. The van der Waals surface area contributed by atoms with Gasteiger partial charge in [-0.2, -0.15) is 0 Å². The number of nitrogens with zero attached hydrogens (tertiary/aromatic N) is 2. The molecule has 0 aromatic carbocycles. The van der Waals surface area contributed by atoms with Crippen molar-refractivity contribution in [2.45, 2.75) is 26.4 Å². The van der Waals surface area contributed by atoms with Crippen LogP contribution in [0.4, 0.5) is 4.79 Å². The summed E-state index contributed by atoms with van der Waals surface area (Å²) in [5.74, 6) is 0. The highest BCUT2D eigenvalue weighted by atomic mass is 16.6. The van der Waals surface area contributed by atoms with Gasteiger partial charge in [-0.15, -0.1) is 0 Å². The van der Waals surface area contributed by atoms with Crippen LogP contribution in [-0.2, 0) is 4.74 Å². The van der Waals surface area contributed by atoms with Crippen molar-refractivity contribution >= 4 is 6.09 Å². The maximum Gasteiger partial charge on any atom is 0.407 e. The van der Waals surface area contributed by atoms with Crippen LogP contribution in [0.5, 0.6) is 0 Å². The van der Waals surface area contributed by atoms with Gasteiger partial charge in [-0.3, -0.25) is 0 Å². The van der Waals surface area contributed by atoms with E-state index in [1.165, 1.54) is 0 Å². The third-order valence-corrected chi connectivity index (χ3v) is 2.54. The Labute approximate surface area is 117 Å². The summed E-state index contributed by atoms with van der Waals surface area (Å²) in [6.07, 6.45) is -0.360. The van der Waals surface area contributed by atoms with Gasteiger partial charge in [0.25, 0.3) is 0 Å². The minimum atomic E-state index is -0.444. The van der Waals surface area contributed by atoms with Crippen molar-refractivity contribution in [3.05, 3.63) is 0 Å². The van der Waals surface area contributed by atoms with E-state index in [4.69, 9.17) is 10.5 Å². The average molecular weight is 274 g/mol. The van der Waals surface area contributed by atoms with Crippen molar-refractivity contribution in [3.63, 3.8) is 0 Å². The van der Waals surface area contributed by atoms with Crippen molar-refractivity contribution in [1.29, 1.82) is 0 Å². The van der Waals surface area contributed by atoms with Gasteiger partial charge in [0.2, 0.25) is 0 Å².